The van der Waals surface area contributed by atoms with Crippen LogP contribution in [0.25, 0.3) is 0 Å². The molecule has 0 spiro atoms. The maximum Gasteiger partial charge on any atom is 0.455 e. The van der Waals surface area contributed by atoms with Crippen molar-refractivity contribution in [3.8, 4) is 0 Å². The van der Waals surface area contributed by atoms with Gasteiger partial charge in [-0.2, -0.15) is 0 Å². The van der Waals surface area contributed by atoms with Gasteiger partial charge in [0.2, 0.25) is 0 Å². The summed E-state index contributed by atoms with van der Waals surface area (Å²) >= 11 is 0. The van der Waals surface area contributed by atoms with Gasteiger partial charge in [0.25, 0.3) is 0 Å². The molecule has 1 saturated carbocycles. The highest BCUT2D eigenvalue weighted by Gasteiger charge is 2.44. The van der Waals surface area contributed by atoms with E-state index in [1.54, 1.807) is 0 Å². The minimum absolute atomic E-state index is 0.200. The van der Waals surface area contributed by atoms with Gasteiger partial charge in [0.1, 0.15) is 0 Å². The molecule has 0 amide bonds. The van der Waals surface area contributed by atoms with Crippen LogP contribution in [-0.2, 0) is 0 Å². The summed E-state index contributed by atoms with van der Waals surface area (Å²) in [5, 5.41) is 17.7. The first kappa shape index (κ1) is 11.1. The molecule has 1 rings (SSSR count). The molecule has 2 atom stereocenters. The first-order valence-electron chi connectivity index (χ1n) is 5.61. The van der Waals surface area contributed by atoms with Gasteiger partial charge in [0.05, 0.1) is 0 Å². The zero-order valence-corrected chi connectivity index (χ0v) is 8.58. The molecule has 0 saturated heterocycles. The molecule has 2 unspecified atom stereocenters. The number of hydrogen-bond acceptors (Lipinski definition) is 2. The Morgan fingerprint density at radius 2 is 1.85 bits per heavy atom. The van der Waals surface area contributed by atoms with Gasteiger partial charge in [-0.3, -0.25) is 0 Å². The molecule has 0 bridgehead atoms. The van der Waals surface area contributed by atoms with E-state index in [1.807, 2.05) is 0 Å². The predicted octanol–water partition coefficient (Wildman–Crippen LogP) is 2.21. The van der Waals surface area contributed by atoms with Gasteiger partial charge in [-0.25, -0.2) is 0 Å². The van der Waals surface area contributed by atoms with Gasteiger partial charge >= 0.3 is 7.12 Å². The van der Waals surface area contributed by atoms with Crippen LogP contribution in [0.2, 0.25) is 5.82 Å². The van der Waals surface area contributed by atoms with E-state index in [1.165, 1.54) is 38.5 Å². The molecule has 0 aliphatic heterocycles. The van der Waals surface area contributed by atoms with Gasteiger partial charge < -0.3 is 10.0 Å². The van der Waals surface area contributed by atoms with Crippen molar-refractivity contribution < 1.29 is 10.0 Å². The normalized spacial score (nSPS) is 26.1. The van der Waals surface area contributed by atoms with Crippen LogP contribution in [0, 0.1) is 5.92 Å². The summed E-state index contributed by atoms with van der Waals surface area (Å²) in [6.07, 6.45) is 8.80. The SMILES string of the molecule is CCCCCCCC1CC1B(O)O. The third-order valence-electron chi connectivity index (χ3n) is 3.04. The number of unbranched alkanes of at least 4 members (excludes halogenated alkanes) is 4. The topological polar surface area (TPSA) is 40.5 Å². The molecule has 0 aromatic rings. The summed E-state index contributed by atoms with van der Waals surface area (Å²) in [4.78, 5) is 0. The van der Waals surface area contributed by atoms with Crippen LogP contribution in [0.4, 0.5) is 0 Å². The monoisotopic (exact) mass is 184 g/mol. The van der Waals surface area contributed by atoms with Crippen molar-refractivity contribution >= 4 is 7.12 Å². The van der Waals surface area contributed by atoms with E-state index in [-0.39, 0.29) is 5.82 Å². The summed E-state index contributed by atoms with van der Waals surface area (Å²) in [5.41, 5.74) is 0. The Morgan fingerprint density at radius 1 is 1.15 bits per heavy atom. The lowest BCUT2D eigenvalue weighted by atomic mass is 9.81. The van der Waals surface area contributed by atoms with Gasteiger partial charge in [-0.15, -0.1) is 0 Å². The summed E-state index contributed by atoms with van der Waals surface area (Å²) in [7, 11) is -1.05. The van der Waals surface area contributed by atoms with E-state index < -0.39 is 7.12 Å². The van der Waals surface area contributed by atoms with Gasteiger partial charge in [0.15, 0.2) is 0 Å². The molecule has 2 N–H and O–H groups in total. The Hall–Kier alpha value is -0.0151. The van der Waals surface area contributed by atoms with Crippen LogP contribution < -0.4 is 0 Å². The van der Waals surface area contributed by atoms with Gasteiger partial charge in [0, 0.05) is 0 Å². The van der Waals surface area contributed by atoms with Crippen LogP contribution in [0.5, 0.6) is 0 Å². The quantitative estimate of drug-likeness (QED) is 0.470. The number of hydrogen-bond donors (Lipinski definition) is 2. The first-order chi connectivity index (χ1) is 6.25. The second-order valence-electron chi connectivity index (χ2n) is 4.28. The summed E-state index contributed by atoms with van der Waals surface area (Å²) in [6.45, 7) is 2.22. The molecule has 13 heavy (non-hydrogen) atoms. The predicted molar refractivity (Wildman–Crippen MR) is 55.4 cm³/mol. The maximum atomic E-state index is 8.86. The summed E-state index contributed by atoms with van der Waals surface area (Å²) in [5.74, 6) is 0.813. The molecule has 1 aliphatic carbocycles. The Labute approximate surface area is 81.5 Å². The standard InChI is InChI=1S/C10H21BO2/c1-2-3-4-5-6-7-9-8-10(9)11(12)13/h9-10,12-13H,2-8H2,1H3. The summed E-state index contributed by atoms with van der Waals surface area (Å²) < 4.78 is 0. The fraction of sp³-hybridized carbons (Fsp3) is 1.00. The van der Waals surface area contributed by atoms with Crippen LogP contribution >= 0.6 is 0 Å². The van der Waals surface area contributed by atoms with Crippen molar-refractivity contribution in [1.82, 2.24) is 0 Å². The van der Waals surface area contributed by atoms with Crippen LogP contribution in [0.15, 0.2) is 0 Å². The van der Waals surface area contributed by atoms with E-state index in [0.717, 1.165) is 6.42 Å². The fourth-order valence-electron chi connectivity index (χ4n) is 1.98. The fourth-order valence-corrected chi connectivity index (χ4v) is 1.98. The molecule has 1 fully saturated rings. The second kappa shape index (κ2) is 5.66. The van der Waals surface area contributed by atoms with Crippen molar-refractivity contribution in [3.05, 3.63) is 0 Å². The largest absolute Gasteiger partial charge is 0.455 e. The molecule has 0 heterocycles. The van der Waals surface area contributed by atoms with Gasteiger partial charge in [-0.1, -0.05) is 45.4 Å². The minimum Gasteiger partial charge on any atom is -0.427 e. The lowest BCUT2D eigenvalue weighted by molar-refractivity contribution is 0.398. The molecule has 0 radical (unpaired) electrons. The van der Waals surface area contributed by atoms with Crippen molar-refractivity contribution in [1.29, 1.82) is 0 Å². The van der Waals surface area contributed by atoms with Crippen LogP contribution in [0.3, 0.4) is 0 Å². The van der Waals surface area contributed by atoms with E-state index >= 15 is 0 Å². The van der Waals surface area contributed by atoms with Gasteiger partial charge in [-0.05, 0) is 18.2 Å². The highest BCUT2D eigenvalue weighted by Crippen LogP contribution is 2.48. The maximum absolute atomic E-state index is 8.86. The molecule has 2 nitrogen and oxygen atoms in total. The average molecular weight is 184 g/mol. The Kier molecular flexibility index (Phi) is 4.82. The lowest BCUT2D eigenvalue weighted by Crippen LogP contribution is -2.11. The Balaban J connectivity index is 1.86. The highest BCUT2D eigenvalue weighted by molar-refractivity contribution is 6.44. The van der Waals surface area contributed by atoms with Crippen LogP contribution in [-0.4, -0.2) is 17.2 Å². The average Bonchev–Trinajstić information content (AvgIpc) is 2.83. The molecule has 0 aromatic carbocycles. The zero-order valence-electron chi connectivity index (χ0n) is 8.58. The van der Waals surface area contributed by atoms with E-state index in [0.29, 0.717) is 5.92 Å². The van der Waals surface area contributed by atoms with Crippen molar-refractivity contribution in [2.75, 3.05) is 0 Å². The first-order valence-corrected chi connectivity index (χ1v) is 5.61. The molecular formula is C10H21BO2. The molecule has 76 valence electrons. The number of rotatable bonds is 7. The third-order valence-corrected chi connectivity index (χ3v) is 3.04. The lowest BCUT2D eigenvalue weighted by Gasteiger charge is -1.99. The second-order valence-corrected chi connectivity index (χ2v) is 4.28. The minimum atomic E-state index is -1.05. The van der Waals surface area contributed by atoms with Crippen molar-refractivity contribution in [2.24, 2.45) is 5.92 Å². The smallest absolute Gasteiger partial charge is 0.427 e. The van der Waals surface area contributed by atoms with Crippen LogP contribution in [0.1, 0.15) is 51.9 Å². The molecular weight excluding hydrogens is 163 g/mol. The van der Waals surface area contributed by atoms with Crippen molar-refractivity contribution in [3.63, 3.8) is 0 Å². The van der Waals surface area contributed by atoms with E-state index in [4.69, 9.17) is 10.0 Å². The molecule has 1 aliphatic rings. The molecule has 0 aromatic heterocycles. The van der Waals surface area contributed by atoms with Crippen molar-refractivity contribution in [2.45, 2.75) is 57.7 Å². The third kappa shape index (κ3) is 4.14. The zero-order chi connectivity index (χ0) is 9.68. The Morgan fingerprint density at radius 3 is 2.38 bits per heavy atom. The highest BCUT2D eigenvalue weighted by atomic mass is 16.4. The van der Waals surface area contributed by atoms with E-state index in [2.05, 4.69) is 6.92 Å². The molecule has 3 heteroatoms. The van der Waals surface area contributed by atoms with E-state index in [9.17, 15) is 0 Å². The Bertz CT molecular complexity index is 139. The summed E-state index contributed by atoms with van der Waals surface area (Å²) in [6, 6.07) is 0.